The maximum atomic E-state index is 13.3. The summed E-state index contributed by atoms with van der Waals surface area (Å²) in [6, 6.07) is 11.1. The minimum Gasteiger partial charge on any atom is -0.325 e. The van der Waals surface area contributed by atoms with Gasteiger partial charge >= 0.3 is 0 Å². The average molecular weight is 363 g/mol. The van der Waals surface area contributed by atoms with Crippen LogP contribution in [0, 0.1) is 0 Å². The van der Waals surface area contributed by atoms with Gasteiger partial charge in [-0.1, -0.05) is 49.9 Å². The van der Waals surface area contributed by atoms with Gasteiger partial charge in [0.2, 0.25) is 0 Å². The molecular weight excluding hydrogens is 332 g/mol. The van der Waals surface area contributed by atoms with E-state index in [0.717, 1.165) is 50.2 Å². The molecule has 3 aliphatic rings. The summed E-state index contributed by atoms with van der Waals surface area (Å²) in [5, 5.41) is 0. The van der Waals surface area contributed by atoms with Crippen LogP contribution in [0.1, 0.15) is 68.2 Å². The molecule has 0 unspecified atom stereocenters. The van der Waals surface area contributed by atoms with E-state index in [0.29, 0.717) is 0 Å². The summed E-state index contributed by atoms with van der Waals surface area (Å²) in [7, 11) is 0. The molecule has 1 saturated carbocycles. The van der Waals surface area contributed by atoms with Crippen LogP contribution in [0.4, 0.5) is 0 Å². The summed E-state index contributed by atoms with van der Waals surface area (Å²) < 4.78 is 0. The number of aromatic amines is 1. The lowest BCUT2D eigenvalue weighted by Crippen LogP contribution is -2.40. The van der Waals surface area contributed by atoms with Gasteiger partial charge in [0.25, 0.3) is 5.56 Å². The van der Waals surface area contributed by atoms with Gasteiger partial charge in [-0.05, 0) is 68.0 Å². The molecule has 0 atom stereocenters. The molecule has 2 aromatic rings. The van der Waals surface area contributed by atoms with E-state index in [-0.39, 0.29) is 11.0 Å². The third kappa shape index (κ3) is 3.06. The quantitative estimate of drug-likeness (QED) is 0.834. The Morgan fingerprint density at radius 1 is 0.926 bits per heavy atom. The van der Waals surface area contributed by atoms with E-state index in [1.807, 2.05) is 0 Å². The molecule has 3 heteroatoms. The van der Waals surface area contributed by atoms with Crippen LogP contribution in [-0.4, -0.2) is 23.0 Å². The van der Waals surface area contributed by atoms with Crippen molar-refractivity contribution >= 4 is 0 Å². The molecule has 1 spiro atoms. The zero-order valence-electron chi connectivity index (χ0n) is 16.2. The van der Waals surface area contributed by atoms with Crippen molar-refractivity contribution < 1.29 is 0 Å². The number of benzene rings is 1. The van der Waals surface area contributed by atoms with Crippen molar-refractivity contribution in [2.45, 2.75) is 69.7 Å². The van der Waals surface area contributed by atoms with Gasteiger partial charge in [0.1, 0.15) is 0 Å². The lowest BCUT2D eigenvalue weighted by atomic mass is 9.61. The van der Waals surface area contributed by atoms with E-state index in [2.05, 4.69) is 40.2 Å². The predicted octanol–water partition coefficient (Wildman–Crippen LogP) is 4.79. The Bertz CT molecular complexity index is 885. The van der Waals surface area contributed by atoms with Gasteiger partial charge in [0.05, 0.1) is 0 Å². The van der Waals surface area contributed by atoms with E-state index in [1.54, 1.807) is 0 Å². The van der Waals surface area contributed by atoms with Gasteiger partial charge in [-0.3, -0.25) is 9.69 Å². The van der Waals surface area contributed by atoms with Gasteiger partial charge in [0.15, 0.2) is 0 Å². The molecule has 0 bridgehead atoms. The molecule has 5 rings (SSSR count). The van der Waals surface area contributed by atoms with Crippen LogP contribution in [0.5, 0.6) is 0 Å². The highest BCUT2D eigenvalue weighted by molar-refractivity contribution is 5.75. The second-order valence-corrected chi connectivity index (χ2v) is 8.92. The van der Waals surface area contributed by atoms with Crippen molar-refractivity contribution in [1.29, 1.82) is 0 Å². The van der Waals surface area contributed by atoms with E-state index in [9.17, 15) is 4.79 Å². The number of nitrogens with one attached hydrogen (secondary N) is 1. The number of H-pyrrole nitrogens is 1. The van der Waals surface area contributed by atoms with E-state index in [4.69, 9.17) is 0 Å². The zero-order chi connectivity index (χ0) is 18.3. The summed E-state index contributed by atoms with van der Waals surface area (Å²) in [6.07, 6.45) is 11.0. The number of nitrogens with zero attached hydrogens (tertiary/aromatic N) is 1. The number of pyridine rings is 1. The highest BCUT2D eigenvalue weighted by Crippen LogP contribution is 2.49. The molecule has 142 valence electrons. The lowest BCUT2D eigenvalue weighted by Gasteiger charge is -2.42. The van der Waals surface area contributed by atoms with Crippen LogP contribution in [0.3, 0.4) is 0 Å². The molecule has 1 aromatic carbocycles. The monoisotopic (exact) mass is 362 g/mol. The maximum absolute atomic E-state index is 13.3. The molecule has 1 aliphatic heterocycles. The number of piperidine rings is 1. The van der Waals surface area contributed by atoms with E-state index >= 15 is 0 Å². The van der Waals surface area contributed by atoms with Crippen LogP contribution in [0.15, 0.2) is 35.1 Å². The van der Waals surface area contributed by atoms with Crippen molar-refractivity contribution in [1.82, 2.24) is 9.88 Å². The fourth-order valence-electron chi connectivity index (χ4n) is 5.84. The number of rotatable bonds is 2. The Balaban J connectivity index is 1.61. The first-order chi connectivity index (χ1) is 13.3. The Kier molecular flexibility index (Phi) is 4.43. The number of aromatic nitrogens is 1. The summed E-state index contributed by atoms with van der Waals surface area (Å²) in [5.74, 6) is 0. The number of hydrogen-bond donors (Lipinski definition) is 1. The number of fused-ring (bicyclic) bond motifs is 4. The van der Waals surface area contributed by atoms with Gasteiger partial charge in [-0.2, -0.15) is 0 Å². The average Bonchev–Trinajstić information content (AvgIpc) is 2.69. The van der Waals surface area contributed by atoms with Crippen LogP contribution in [0.2, 0.25) is 0 Å². The third-order valence-corrected chi connectivity index (χ3v) is 7.11. The van der Waals surface area contributed by atoms with Crippen molar-refractivity contribution in [3.63, 3.8) is 0 Å². The normalized spacial score (nSPS) is 21.6. The summed E-state index contributed by atoms with van der Waals surface area (Å²) in [5.41, 5.74) is 6.34. The van der Waals surface area contributed by atoms with Crippen LogP contribution < -0.4 is 5.56 Å². The number of hydrogen-bond acceptors (Lipinski definition) is 2. The smallest absolute Gasteiger partial charge is 0.252 e. The first-order valence-electron chi connectivity index (χ1n) is 10.8. The largest absolute Gasteiger partial charge is 0.325 e. The number of likely N-dealkylation sites (tertiary alicyclic amines) is 1. The van der Waals surface area contributed by atoms with Gasteiger partial charge in [-0.15, -0.1) is 0 Å². The molecule has 0 amide bonds. The van der Waals surface area contributed by atoms with Gasteiger partial charge in [-0.25, -0.2) is 0 Å². The SMILES string of the molecule is O=c1[nH]c(CN2CCCCC2)cc2c1C1(CCCCC1)Cc1ccccc1-2. The van der Waals surface area contributed by atoms with Gasteiger partial charge < -0.3 is 4.98 Å². The Morgan fingerprint density at radius 3 is 2.48 bits per heavy atom. The minimum absolute atomic E-state index is 0.0547. The minimum atomic E-state index is 0.0547. The topological polar surface area (TPSA) is 36.1 Å². The van der Waals surface area contributed by atoms with Crippen molar-refractivity contribution in [2.24, 2.45) is 0 Å². The van der Waals surface area contributed by atoms with Crippen LogP contribution >= 0.6 is 0 Å². The molecule has 1 saturated heterocycles. The van der Waals surface area contributed by atoms with Crippen molar-refractivity contribution in [3.05, 3.63) is 57.5 Å². The summed E-state index contributed by atoms with van der Waals surface area (Å²) in [4.78, 5) is 19.1. The second kappa shape index (κ2) is 6.94. The first-order valence-corrected chi connectivity index (χ1v) is 10.8. The van der Waals surface area contributed by atoms with E-state index < -0.39 is 0 Å². The molecule has 2 fully saturated rings. The molecule has 2 aliphatic carbocycles. The zero-order valence-corrected chi connectivity index (χ0v) is 16.2. The highest BCUT2D eigenvalue weighted by atomic mass is 16.1. The molecule has 2 heterocycles. The van der Waals surface area contributed by atoms with Crippen molar-refractivity contribution in [2.75, 3.05) is 13.1 Å². The molecule has 1 aromatic heterocycles. The summed E-state index contributed by atoms with van der Waals surface area (Å²) in [6.45, 7) is 3.18. The lowest BCUT2D eigenvalue weighted by molar-refractivity contribution is 0.218. The Hall–Kier alpha value is -1.87. The predicted molar refractivity (Wildman–Crippen MR) is 110 cm³/mol. The maximum Gasteiger partial charge on any atom is 0.252 e. The first kappa shape index (κ1) is 17.2. The molecular formula is C24H30N2O. The van der Waals surface area contributed by atoms with Gasteiger partial charge in [0, 0.05) is 23.2 Å². The van der Waals surface area contributed by atoms with Crippen molar-refractivity contribution in [3.8, 4) is 11.1 Å². The third-order valence-electron chi connectivity index (χ3n) is 7.11. The summed E-state index contributed by atoms with van der Waals surface area (Å²) >= 11 is 0. The molecule has 3 nitrogen and oxygen atoms in total. The Morgan fingerprint density at radius 2 is 1.67 bits per heavy atom. The molecule has 27 heavy (non-hydrogen) atoms. The standard InChI is InChI=1S/C24H30N2O/c27-23-22-21(15-19(25-23)17-26-13-7-2-8-14-26)20-10-4-3-9-18(20)16-24(22)11-5-1-6-12-24/h3-4,9-10,15H,1-2,5-8,11-14,16-17H2,(H,25,27). The fourth-order valence-corrected chi connectivity index (χ4v) is 5.84. The fraction of sp³-hybridized carbons (Fsp3) is 0.542. The molecule has 1 N–H and O–H groups in total. The Labute approximate surface area is 161 Å². The van der Waals surface area contributed by atoms with Crippen LogP contribution in [0.25, 0.3) is 11.1 Å². The van der Waals surface area contributed by atoms with E-state index in [1.165, 1.54) is 55.2 Å². The highest BCUT2D eigenvalue weighted by Gasteiger charge is 2.41. The van der Waals surface area contributed by atoms with Crippen LogP contribution in [-0.2, 0) is 18.4 Å². The molecule has 0 radical (unpaired) electrons. The second-order valence-electron chi connectivity index (χ2n) is 8.92.